The maximum absolute atomic E-state index is 12.6. The summed E-state index contributed by atoms with van der Waals surface area (Å²) in [6, 6.07) is 0. The van der Waals surface area contributed by atoms with Crippen LogP contribution in [0.15, 0.2) is 0 Å². The van der Waals surface area contributed by atoms with Crippen molar-refractivity contribution in [1.82, 2.24) is 9.78 Å². The van der Waals surface area contributed by atoms with Gasteiger partial charge in [-0.15, -0.1) is 11.6 Å². The summed E-state index contributed by atoms with van der Waals surface area (Å²) >= 11 is 11.2. The van der Waals surface area contributed by atoms with Crippen LogP contribution in [0.2, 0.25) is 5.15 Å². The first-order chi connectivity index (χ1) is 7.41. The van der Waals surface area contributed by atoms with Crippen LogP contribution < -0.4 is 0 Å². The van der Waals surface area contributed by atoms with Crippen molar-refractivity contribution in [2.24, 2.45) is 0 Å². The van der Waals surface area contributed by atoms with E-state index < -0.39 is 11.9 Å². The Morgan fingerprint density at radius 2 is 2.00 bits per heavy atom. The molecular weight excluding hydrogens is 264 g/mol. The molecule has 0 N–H and O–H groups in total. The van der Waals surface area contributed by atoms with Crippen molar-refractivity contribution in [2.75, 3.05) is 0 Å². The molecule has 0 aliphatic rings. The third kappa shape index (κ3) is 2.83. The number of hydrogen-bond donors (Lipinski definition) is 0. The van der Waals surface area contributed by atoms with Gasteiger partial charge in [-0.2, -0.15) is 18.3 Å². The molecule has 2 nitrogen and oxygen atoms in total. The lowest BCUT2D eigenvalue weighted by Gasteiger charge is -2.03. The monoisotopic (exact) mass is 274 g/mol. The van der Waals surface area contributed by atoms with Crippen LogP contribution >= 0.6 is 23.2 Å². The number of halogens is 5. The molecule has 0 saturated heterocycles. The highest BCUT2D eigenvalue weighted by atomic mass is 35.5. The van der Waals surface area contributed by atoms with E-state index in [0.717, 1.165) is 17.5 Å². The van der Waals surface area contributed by atoms with Gasteiger partial charge in [-0.05, 0) is 6.42 Å². The summed E-state index contributed by atoms with van der Waals surface area (Å²) in [4.78, 5) is 0. The van der Waals surface area contributed by atoms with Crippen LogP contribution in [0, 0.1) is 0 Å². The fraction of sp³-hybridized carbons (Fsp3) is 0.667. The summed E-state index contributed by atoms with van der Waals surface area (Å²) in [5, 5.41) is 3.45. The lowest BCUT2D eigenvalue weighted by Crippen LogP contribution is -2.09. The van der Waals surface area contributed by atoms with Gasteiger partial charge in [0.25, 0.3) is 0 Å². The zero-order valence-corrected chi connectivity index (χ0v) is 10.1. The first-order valence-electron chi connectivity index (χ1n) is 4.80. The number of aryl methyl sites for hydroxylation is 1. The topological polar surface area (TPSA) is 17.8 Å². The molecular formula is C9H11Cl2F3N2. The highest BCUT2D eigenvalue weighted by molar-refractivity contribution is 6.31. The second-order valence-electron chi connectivity index (χ2n) is 3.33. The van der Waals surface area contributed by atoms with Crippen molar-refractivity contribution >= 4 is 23.2 Å². The highest BCUT2D eigenvalue weighted by Crippen LogP contribution is 2.35. The first-order valence-corrected chi connectivity index (χ1v) is 5.71. The smallest absolute Gasteiger partial charge is 0.253 e. The van der Waals surface area contributed by atoms with Crippen LogP contribution in [-0.4, -0.2) is 9.78 Å². The molecule has 16 heavy (non-hydrogen) atoms. The van der Waals surface area contributed by atoms with E-state index in [4.69, 9.17) is 23.2 Å². The van der Waals surface area contributed by atoms with Gasteiger partial charge >= 0.3 is 6.18 Å². The standard InChI is InChI=1S/C9H11Cl2F3N2/c1-2-3-4-16-8(11)6(5-10)7(15-16)9(12,13)14/h2-5H2,1H3. The van der Waals surface area contributed by atoms with Gasteiger partial charge in [0.2, 0.25) is 0 Å². The number of nitrogens with zero attached hydrogens (tertiary/aromatic N) is 2. The average Bonchev–Trinajstić information content (AvgIpc) is 2.51. The molecule has 0 aliphatic carbocycles. The van der Waals surface area contributed by atoms with E-state index in [9.17, 15) is 13.2 Å². The molecule has 1 aromatic heterocycles. The van der Waals surface area contributed by atoms with Crippen molar-refractivity contribution in [1.29, 1.82) is 0 Å². The molecule has 0 bridgehead atoms. The summed E-state index contributed by atoms with van der Waals surface area (Å²) in [5.74, 6) is -0.292. The van der Waals surface area contributed by atoms with Crippen LogP contribution in [0.3, 0.4) is 0 Å². The van der Waals surface area contributed by atoms with E-state index in [0.29, 0.717) is 6.54 Å². The molecule has 0 amide bonds. The molecule has 7 heteroatoms. The molecule has 0 spiro atoms. The van der Waals surface area contributed by atoms with Gasteiger partial charge in [0.1, 0.15) is 5.15 Å². The maximum atomic E-state index is 12.6. The molecule has 1 rings (SSSR count). The third-order valence-corrected chi connectivity index (χ3v) is 2.80. The SMILES string of the molecule is CCCCn1nc(C(F)(F)F)c(CCl)c1Cl. The van der Waals surface area contributed by atoms with Gasteiger partial charge in [0.15, 0.2) is 5.69 Å². The summed E-state index contributed by atoms with van der Waals surface area (Å²) in [7, 11) is 0. The van der Waals surface area contributed by atoms with E-state index in [1.165, 1.54) is 0 Å². The maximum Gasteiger partial charge on any atom is 0.435 e. The lowest BCUT2D eigenvalue weighted by atomic mass is 10.3. The minimum atomic E-state index is -4.51. The van der Waals surface area contributed by atoms with Crippen molar-refractivity contribution in [3.63, 3.8) is 0 Å². The molecule has 0 unspecified atom stereocenters. The number of alkyl halides is 4. The predicted molar refractivity (Wildman–Crippen MR) is 56.7 cm³/mol. The van der Waals surface area contributed by atoms with E-state index >= 15 is 0 Å². The second-order valence-corrected chi connectivity index (χ2v) is 3.95. The van der Waals surface area contributed by atoms with Crippen molar-refractivity contribution in [2.45, 2.75) is 38.4 Å². The Morgan fingerprint density at radius 1 is 1.38 bits per heavy atom. The number of hydrogen-bond acceptors (Lipinski definition) is 1. The van der Waals surface area contributed by atoms with Crippen LogP contribution in [0.5, 0.6) is 0 Å². The third-order valence-electron chi connectivity index (χ3n) is 2.11. The Hall–Kier alpha value is -0.420. The minimum absolute atomic E-state index is 0.0178. The number of aromatic nitrogens is 2. The Balaban J connectivity index is 3.10. The van der Waals surface area contributed by atoms with E-state index in [1.807, 2.05) is 6.92 Å². The number of unbranched alkanes of at least 4 members (excludes halogenated alkanes) is 1. The zero-order valence-electron chi connectivity index (χ0n) is 8.61. The lowest BCUT2D eigenvalue weighted by molar-refractivity contribution is -0.142. The van der Waals surface area contributed by atoms with Crippen LogP contribution in [0.1, 0.15) is 31.0 Å². The first kappa shape index (κ1) is 13.6. The molecule has 92 valence electrons. The summed E-state index contributed by atoms with van der Waals surface area (Å²) in [6.45, 7) is 2.31. The normalized spacial score (nSPS) is 12.1. The van der Waals surface area contributed by atoms with E-state index in [-0.39, 0.29) is 16.6 Å². The quantitative estimate of drug-likeness (QED) is 0.756. The molecule has 0 fully saturated rings. The largest absolute Gasteiger partial charge is 0.435 e. The van der Waals surface area contributed by atoms with Crippen molar-refractivity contribution < 1.29 is 13.2 Å². The Bertz CT molecular complexity index is 360. The van der Waals surface area contributed by atoms with Gasteiger partial charge in [-0.3, -0.25) is 4.68 Å². The molecule has 1 heterocycles. The summed E-state index contributed by atoms with van der Waals surface area (Å²) in [6.07, 6.45) is -2.93. The van der Waals surface area contributed by atoms with Gasteiger partial charge in [0.05, 0.1) is 5.88 Å². The average molecular weight is 275 g/mol. The molecule has 0 atom stereocenters. The van der Waals surface area contributed by atoms with E-state index in [1.54, 1.807) is 0 Å². The second kappa shape index (κ2) is 5.27. The van der Waals surface area contributed by atoms with Crippen LogP contribution in [0.25, 0.3) is 0 Å². The fourth-order valence-corrected chi connectivity index (χ4v) is 1.88. The Labute approximate surface area is 101 Å². The summed E-state index contributed by atoms with van der Waals surface area (Å²) in [5.41, 5.74) is -1.13. The molecule has 0 radical (unpaired) electrons. The fourth-order valence-electron chi connectivity index (χ4n) is 1.28. The minimum Gasteiger partial charge on any atom is -0.253 e. The Morgan fingerprint density at radius 3 is 2.38 bits per heavy atom. The zero-order chi connectivity index (χ0) is 12.3. The predicted octanol–water partition coefficient (Wildman–Crippen LogP) is 4.09. The Kier molecular flexibility index (Phi) is 4.50. The van der Waals surface area contributed by atoms with Gasteiger partial charge < -0.3 is 0 Å². The number of rotatable bonds is 4. The van der Waals surface area contributed by atoms with Crippen molar-refractivity contribution in [3.8, 4) is 0 Å². The molecule has 0 aromatic carbocycles. The van der Waals surface area contributed by atoms with Crippen LogP contribution in [0.4, 0.5) is 13.2 Å². The summed E-state index contributed by atoms with van der Waals surface area (Å²) < 4.78 is 38.8. The molecule has 0 aliphatic heterocycles. The van der Waals surface area contributed by atoms with Gasteiger partial charge in [-0.1, -0.05) is 24.9 Å². The van der Waals surface area contributed by atoms with Crippen molar-refractivity contribution in [3.05, 3.63) is 16.4 Å². The van der Waals surface area contributed by atoms with E-state index in [2.05, 4.69) is 5.10 Å². The van der Waals surface area contributed by atoms with Gasteiger partial charge in [-0.25, -0.2) is 0 Å². The highest BCUT2D eigenvalue weighted by Gasteiger charge is 2.38. The molecule has 0 saturated carbocycles. The van der Waals surface area contributed by atoms with Gasteiger partial charge in [0, 0.05) is 12.1 Å². The molecule has 1 aromatic rings. The van der Waals surface area contributed by atoms with Crippen LogP contribution in [-0.2, 0) is 18.6 Å².